The van der Waals surface area contributed by atoms with Crippen LogP contribution in [-0.4, -0.2) is 10.1 Å². The summed E-state index contributed by atoms with van der Waals surface area (Å²) in [5.41, 5.74) is -2.50. The van der Waals surface area contributed by atoms with E-state index in [4.69, 9.17) is 0 Å². The van der Waals surface area contributed by atoms with Gasteiger partial charge in [-0.05, 0) is 18.6 Å². The lowest BCUT2D eigenvalue weighted by atomic mass is 9.86. The van der Waals surface area contributed by atoms with Crippen molar-refractivity contribution in [2.75, 3.05) is 0 Å². The minimum absolute atomic E-state index is 0.256. The number of benzene rings is 1. The molecule has 1 atom stereocenters. The van der Waals surface area contributed by atoms with Crippen LogP contribution in [0.2, 0.25) is 0 Å². The fourth-order valence-electron chi connectivity index (χ4n) is 1.95. The molecule has 0 amide bonds. The summed E-state index contributed by atoms with van der Waals surface area (Å²) in [7, 11) is 0. The van der Waals surface area contributed by atoms with E-state index in [0.29, 0.717) is 5.56 Å². The molecule has 0 radical (unpaired) electrons. The number of aliphatic hydroxyl groups is 1. The number of halogens is 3. The average molecular weight is 267 g/mol. The fourth-order valence-corrected chi connectivity index (χ4v) is 1.95. The van der Waals surface area contributed by atoms with Crippen LogP contribution >= 0.6 is 0 Å². The summed E-state index contributed by atoms with van der Waals surface area (Å²) < 4.78 is 38.9. The van der Waals surface area contributed by atoms with Gasteiger partial charge in [0.2, 0.25) is 0 Å². The first-order chi connectivity index (χ1) is 8.83. The van der Waals surface area contributed by atoms with Crippen LogP contribution in [0.15, 0.2) is 48.8 Å². The SMILES string of the molecule is CC(O)(c1ccccc1)c1cnccc1C(F)(F)F. The van der Waals surface area contributed by atoms with Gasteiger partial charge in [0.25, 0.3) is 0 Å². The quantitative estimate of drug-likeness (QED) is 0.905. The Morgan fingerprint density at radius 2 is 1.63 bits per heavy atom. The van der Waals surface area contributed by atoms with E-state index in [1.54, 1.807) is 30.3 Å². The minimum atomic E-state index is -4.53. The Hall–Kier alpha value is -1.88. The standard InChI is InChI=1S/C14H12F3NO/c1-13(19,10-5-3-2-4-6-10)12-9-18-8-7-11(12)14(15,16)17/h2-9,19H,1H3. The van der Waals surface area contributed by atoms with Gasteiger partial charge in [0.1, 0.15) is 5.60 Å². The predicted molar refractivity (Wildman–Crippen MR) is 64.4 cm³/mol. The van der Waals surface area contributed by atoms with Crippen molar-refractivity contribution in [2.24, 2.45) is 0 Å². The van der Waals surface area contributed by atoms with E-state index >= 15 is 0 Å². The van der Waals surface area contributed by atoms with Crippen LogP contribution in [0.4, 0.5) is 13.2 Å². The molecule has 2 aromatic rings. The molecule has 1 heterocycles. The number of aromatic nitrogens is 1. The molecule has 0 spiro atoms. The van der Waals surface area contributed by atoms with Gasteiger partial charge < -0.3 is 5.11 Å². The highest BCUT2D eigenvalue weighted by Gasteiger charge is 2.39. The van der Waals surface area contributed by atoms with Crippen molar-refractivity contribution in [3.63, 3.8) is 0 Å². The van der Waals surface area contributed by atoms with Gasteiger partial charge in [-0.3, -0.25) is 4.98 Å². The summed E-state index contributed by atoms with van der Waals surface area (Å²) in [4.78, 5) is 3.69. The first kappa shape index (κ1) is 13.5. The van der Waals surface area contributed by atoms with Crippen LogP contribution in [0.25, 0.3) is 0 Å². The van der Waals surface area contributed by atoms with E-state index in [9.17, 15) is 18.3 Å². The Morgan fingerprint density at radius 3 is 2.21 bits per heavy atom. The van der Waals surface area contributed by atoms with Crippen LogP contribution in [0.3, 0.4) is 0 Å². The zero-order valence-corrected chi connectivity index (χ0v) is 10.1. The lowest BCUT2D eigenvalue weighted by Gasteiger charge is -2.27. The van der Waals surface area contributed by atoms with Gasteiger partial charge >= 0.3 is 6.18 Å². The number of hydrogen-bond donors (Lipinski definition) is 1. The first-order valence-corrected chi connectivity index (χ1v) is 5.63. The Kier molecular flexibility index (Phi) is 3.32. The Labute approximate surface area is 108 Å². The summed E-state index contributed by atoms with van der Waals surface area (Å²) in [6.45, 7) is 1.33. The number of pyridine rings is 1. The second-order valence-electron chi connectivity index (χ2n) is 4.36. The molecule has 0 aliphatic carbocycles. The Morgan fingerprint density at radius 1 is 1.00 bits per heavy atom. The number of hydrogen-bond acceptors (Lipinski definition) is 2. The van der Waals surface area contributed by atoms with Gasteiger partial charge in [0, 0.05) is 18.0 Å². The smallest absolute Gasteiger partial charge is 0.381 e. The molecule has 1 aromatic heterocycles. The van der Waals surface area contributed by atoms with Crippen molar-refractivity contribution < 1.29 is 18.3 Å². The third-order valence-corrected chi connectivity index (χ3v) is 2.99. The molecule has 5 heteroatoms. The minimum Gasteiger partial charge on any atom is -0.381 e. The lowest BCUT2D eigenvalue weighted by Crippen LogP contribution is -2.27. The normalized spacial score (nSPS) is 15.0. The summed E-state index contributed by atoms with van der Waals surface area (Å²) in [5, 5.41) is 10.5. The molecule has 1 unspecified atom stereocenters. The molecule has 100 valence electrons. The van der Waals surface area contributed by atoms with Gasteiger partial charge in [-0.1, -0.05) is 30.3 Å². The number of rotatable bonds is 2. The van der Waals surface area contributed by atoms with Crippen molar-refractivity contribution in [2.45, 2.75) is 18.7 Å². The van der Waals surface area contributed by atoms with Crippen molar-refractivity contribution >= 4 is 0 Å². The van der Waals surface area contributed by atoms with Crippen molar-refractivity contribution in [3.05, 3.63) is 65.5 Å². The zero-order chi connectivity index (χ0) is 14.1. The van der Waals surface area contributed by atoms with Crippen LogP contribution in [0, 0.1) is 0 Å². The maximum atomic E-state index is 13.0. The average Bonchev–Trinajstić information content (AvgIpc) is 2.39. The molecule has 19 heavy (non-hydrogen) atoms. The molecule has 0 bridgehead atoms. The maximum absolute atomic E-state index is 13.0. The van der Waals surface area contributed by atoms with Gasteiger partial charge in [-0.15, -0.1) is 0 Å². The molecule has 1 N–H and O–H groups in total. The molecule has 2 rings (SSSR count). The number of alkyl halides is 3. The van der Waals surface area contributed by atoms with Crippen molar-refractivity contribution in [1.29, 1.82) is 0 Å². The van der Waals surface area contributed by atoms with E-state index in [-0.39, 0.29) is 5.56 Å². The van der Waals surface area contributed by atoms with E-state index < -0.39 is 17.3 Å². The van der Waals surface area contributed by atoms with Gasteiger partial charge in [-0.2, -0.15) is 13.2 Å². The Bertz CT molecular complexity index is 564. The zero-order valence-electron chi connectivity index (χ0n) is 10.1. The van der Waals surface area contributed by atoms with Gasteiger partial charge in [0.15, 0.2) is 0 Å². The van der Waals surface area contributed by atoms with E-state index in [1.165, 1.54) is 6.92 Å². The molecule has 0 aliphatic rings. The fraction of sp³-hybridized carbons (Fsp3) is 0.214. The highest BCUT2D eigenvalue weighted by molar-refractivity contribution is 5.39. The monoisotopic (exact) mass is 267 g/mol. The van der Waals surface area contributed by atoms with Crippen LogP contribution < -0.4 is 0 Å². The van der Waals surface area contributed by atoms with Crippen LogP contribution in [0.1, 0.15) is 23.6 Å². The summed E-state index contributed by atoms with van der Waals surface area (Å²) in [6.07, 6.45) is -2.42. The third kappa shape index (κ3) is 2.61. The van der Waals surface area contributed by atoms with Crippen molar-refractivity contribution in [3.8, 4) is 0 Å². The van der Waals surface area contributed by atoms with E-state index in [1.807, 2.05) is 0 Å². The highest BCUT2D eigenvalue weighted by Crippen LogP contribution is 2.38. The van der Waals surface area contributed by atoms with Crippen molar-refractivity contribution in [1.82, 2.24) is 4.98 Å². The lowest BCUT2D eigenvalue weighted by molar-refractivity contribution is -0.140. The van der Waals surface area contributed by atoms with Gasteiger partial charge in [-0.25, -0.2) is 0 Å². The molecule has 2 nitrogen and oxygen atoms in total. The second kappa shape index (κ2) is 4.66. The summed E-state index contributed by atoms with van der Waals surface area (Å²) in [6, 6.07) is 9.07. The molecular formula is C14H12F3NO. The van der Waals surface area contributed by atoms with E-state index in [0.717, 1.165) is 18.5 Å². The molecular weight excluding hydrogens is 255 g/mol. The third-order valence-electron chi connectivity index (χ3n) is 2.99. The summed E-state index contributed by atoms with van der Waals surface area (Å²) >= 11 is 0. The second-order valence-corrected chi connectivity index (χ2v) is 4.36. The molecule has 0 aliphatic heterocycles. The topological polar surface area (TPSA) is 33.1 Å². The molecule has 0 saturated heterocycles. The molecule has 0 saturated carbocycles. The van der Waals surface area contributed by atoms with E-state index in [2.05, 4.69) is 4.98 Å². The van der Waals surface area contributed by atoms with Gasteiger partial charge in [0.05, 0.1) is 5.56 Å². The summed E-state index contributed by atoms with van der Waals surface area (Å²) in [5.74, 6) is 0. The first-order valence-electron chi connectivity index (χ1n) is 5.63. The predicted octanol–water partition coefficient (Wildman–Crippen LogP) is 3.36. The van der Waals surface area contributed by atoms with Crippen LogP contribution in [-0.2, 0) is 11.8 Å². The Balaban J connectivity index is 2.59. The largest absolute Gasteiger partial charge is 0.416 e. The highest BCUT2D eigenvalue weighted by atomic mass is 19.4. The maximum Gasteiger partial charge on any atom is 0.416 e. The molecule has 0 fully saturated rings. The number of nitrogens with zero attached hydrogens (tertiary/aromatic N) is 1. The molecule has 1 aromatic carbocycles. The van der Waals surface area contributed by atoms with Crippen LogP contribution in [0.5, 0.6) is 0 Å².